The Morgan fingerprint density at radius 2 is 1.59 bits per heavy atom. The molecule has 1 aliphatic carbocycles. The van der Waals surface area contributed by atoms with Crippen LogP contribution in [0.25, 0.3) is 22.4 Å². The third kappa shape index (κ3) is 3.28. The Balaban J connectivity index is 1.29. The molecule has 7 nitrogen and oxygen atoms in total. The normalized spacial score (nSPS) is 16.7. The molecule has 2 aromatic carbocycles. The van der Waals surface area contributed by atoms with Crippen LogP contribution in [0.5, 0.6) is 0 Å². The first-order chi connectivity index (χ1) is 15.7. The highest BCUT2D eigenvalue weighted by Gasteiger charge is 2.30. The van der Waals surface area contributed by atoms with E-state index < -0.39 is 0 Å². The Labute approximate surface area is 187 Å². The molecule has 2 fully saturated rings. The molecule has 0 N–H and O–H groups in total. The summed E-state index contributed by atoms with van der Waals surface area (Å²) in [6.07, 6.45) is 2.27. The maximum Gasteiger partial charge on any atom is 0.279 e. The number of rotatable bonds is 4. The van der Waals surface area contributed by atoms with Crippen molar-refractivity contribution in [1.82, 2.24) is 20.3 Å². The number of hydrogen-bond acceptors (Lipinski definition) is 7. The quantitative estimate of drug-likeness (QED) is 0.476. The number of fused-ring (bicyclic) bond motifs is 1. The van der Waals surface area contributed by atoms with E-state index in [0.29, 0.717) is 17.5 Å². The van der Waals surface area contributed by atoms with Crippen molar-refractivity contribution in [1.29, 1.82) is 0 Å². The second-order valence-corrected chi connectivity index (χ2v) is 8.84. The van der Waals surface area contributed by atoms with Crippen molar-refractivity contribution in [3.05, 3.63) is 59.4 Å². The van der Waals surface area contributed by atoms with E-state index in [1.54, 1.807) is 0 Å². The van der Waals surface area contributed by atoms with Crippen molar-refractivity contribution < 1.29 is 4.52 Å². The Morgan fingerprint density at radius 3 is 2.38 bits per heavy atom. The SMILES string of the molecule is Cc1cccc(N2CCN(c3nnc(-c4nc(C5CC5)no4)c4ccccc34)CC2)c1C. The molecule has 2 aromatic heterocycles. The molecule has 1 saturated heterocycles. The van der Waals surface area contributed by atoms with E-state index in [9.17, 15) is 0 Å². The Bertz CT molecular complexity index is 1290. The second kappa shape index (κ2) is 7.58. The second-order valence-electron chi connectivity index (χ2n) is 8.84. The summed E-state index contributed by atoms with van der Waals surface area (Å²) in [7, 11) is 0. The average Bonchev–Trinajstić information content (AvgIpc) is 3.57. The summed E-state index contributed by atoms with van der Waals surface area (Å²) in [5, 5.41) is 15.4. The van der Waals surface area contributed by atoms with Crippen molar-refractivity contribution >= 4 is 22.3 Å². The van der Waals surface area contributed by atoms with E-state index in [4.69, 9.17) is 4.52 Å². The van der Waals surface area contributed by atoms with Crippen LogP contribution in [0.3, 0.4) is 0 Å². The standard InChI is InChI=1S/C25H26N6O/c1-16-6-5-9-21(17(16)2)30-12-14-31(15-13-30)24-20-8-4-3-7-19(20)22(27-28-24)25-26-23(29-32-25)18-10-11-18/h3-9,18H,10-15H2,1-2H3. The highest BCUT2D eigenvalue weighted by atomic mass is 16.5. The Kier molecular flexibility index (Phi) is 4.56. The van der Waals surface area contributed by atoms with Gasteiger partial charge < -0.3 is 14.3 Å². The molecule has 0 atom stereocenters. The molecular formula is C25H26N6O. The van der Waals surface area contributed by atoms with Gasteiger partial charge in [0, 0.05) is 48.6 Å². The van der Waals surface area contributed by atoms with Crippen molar-refractivity contribution in [2.24, 2.45) is 0 Å². The van der Waals surface area contributed by atoms with Gasteiger partial charge in [0.2, 0.25) is 0 Å². The number of aromatic nitrogens is 4. The van der Waals surface area contributed by atoms with Gasteiger partial charge >= 0.3 is 0 Å². The van der Waals surface area contributed by atoms with Crippen LogP contribution < -0.4 is 9.80 Å². The van der Waals surface area contributed by atoms with Crippen molar-refractivity contribution in [3.63, 3.8) is 0 Å². The molecule has 4 aromatic rings. The minimum absolute atomic E-state index is 0.444. The lowest BCUT2D eigenvalue weighted by atomic mass is 10.1. The van der Waals surface area contributed by atoms with Crippen LogP contribution in [0.2, 0.25) is 0 Å². The molecule has 0 spiro atoms. The van der Waals surface area contributed by atoms with Crippen LogP contribution >= 0.6 is 0 Å². The van der Waals surface area contributed by atoms with Gasteiger partial charge in [0.15, 0.2) is 17.3 Å². The topological polar surface area (TPSA) is 71.2 Å². The van der Waals surface area contributed by atoms with Gasteiger partial charge in [-0.1, -0.05) is 41.6 Å². The summed E-state index contributed by atoms with van der Waals surface area (Å²) in [5.74, 6) is 2.62. The molecule has 162 valence electrons. The van der Waals surface area contributed by atoms with E-state index in [1.165, 1.54) is 16.8 Å². The molecule has 1 aliphatic heterocycles. The maximum absolute atomic E-state index is 5.55. The molecule has 0 radical (unpaired) electrons. The first-order valence-electron chi connectivity index (χ1n) is 11.3. The van der Waals surface area contributed by atoms with Gasteiger partial charge in [-0.2, -0.15) is 4.98 Å². The highest BCUT2D eigenvalue weighted by molar-refractivity contribution is 5.99. The van der Waals surface area contributed by atoms with Crippen LogP contribution in [0.4, 0.5) is 11.5 Å². The van der Waals surface area contributed by atoms with Gasteiger partial charge in [-0.15, -0.1) is 10.2 Å². The fourth-order valence-electron chi connectivity index (χ4n) is 4.56. The summed E-state index contributed by atoms with van der Waals surface area (Å²) < 4.78 is 5.55. The fourth-order valence-corrected chi connectivity index (χ4v) is 4.56. The summed E-state index contributed by atoms with van der Waals surface area (Å²) in [5.41, 5.74) is 4.69. The van der Waals surface area contributed by atoms with E-state index >= 15 is 0 Å². The van der Waals surface area contributed by atoms with Gasteiger partial charge in [0.25, 0.3) is 5.89 Å². The highest BCUT2D eigenvalue weighted by Crippen LogP contribution is 2.39. The molecule has 3 heterocycles. The van der Waals surface area contributed by atoms with Gasteiger partial charge in [-0.25, -0.2) is 0 Å². The molecule has 1 saturated carbocycles. The molecule has 32 heavy (non-hydrogen) atoms. The lowest BCUT2D eigenvalue weighted by Crippen LogP contribution is -2.47. The van der Waals surface area contributed by atoms with Gasteiger partial charge in [-0.05, 0) is 43.9 Å². The lowest BCUT2D eigenvalue weighted by molar-refractivity contribution is 0.421. The van der Waals surface area contributed by atoms with Crippen molar-refractivity contribution in [3.8, 4) is 11.6 Å². The number of nitrogens with zero attached hydrogens (tertiary/aromatic N) is 6. The minimum atomic E-state index is 0.444. The van der Waals surface area contributed by atoms with Crippen LogP contribution in [-0.4, -0.2) is 46.5 Å². The fraction of sp³-hybridized carbons (Fsp3) is 0.360. The first kappa shape index (κ1) is 19.2. The monoisotopic (exact) mass is 426 g/mol. The van der Waals surface area contributed by atoms with Gasteiger partial charge in [0.1, 0.15) is 0 Å². The number of aryl methyl sites for hydroxylation is 1. The van der Waals surface area contributed by atoms with E-state index in [-0.39, 0.29) is 0 Å². The predicted molar refractivity (Wildman–Crippen MR) is 125 cm³/mol. The molecule has 0 unspecified atom stereocenters. The number of anilines is 2. The van der Waals surface area contributed by atoms with E-state index in [1.807, 2.05) is 12.1 Å². The Hall–Kier alpha value is -3.48. The lowest BCUT2D eigenvalue weighted by Gasteiger charge is -2.37. The smallest absolute Gasteiger partial charge is 0.279 e. The zero-order valence-electron chi connectivity index (χ0n) is 18.5. The minimum Gasteiger partial charge on any atom is -0.368 e. The van der Waals surface area contributed by atoms with Crippen LogP contribution in [-0.2, 0) is 0 Å². The maximum atomic E-state index is 5.55. The molecular weight excluding hydrogens is 400 g/mol. The Morgan fingerprint density at radius 1 is 0.844 bits per heavy atom. The zero-order valence-corrected chi connectivity index (χ0v) is 18.5. The third-order valence-electron chi connectivity index (χ3n) is 6.75. The summed E-state index contributed by atoms with van der Waals surface area (Å²) in [6, 6.07) is 14.8. The summed E-state index contributed by atoms with van der Waals surface area (Å²) in [4.78, 5) is 9.40. The van der Waals surface area contributed by atoms with Crippen molar-refractivity contribution in [2.75, 3.05) is 36.0 Å². The van der Waals surface area contributed by atoms with Gasteiger partial charge in [0.05, 0.1) is 0 Å². The summed E-state index contributed by atoms with van der Waals surface area (Å²) in [6.45, 7) is 8.10. The molecule has 2 aliphatic rings. The third-order valence-corrected chi connectivity index (χ3v) is 6.75. The molecule has 0 amide bonds. The summed E-state index contributed by atoms with van der Waals surface area (Å²) >= 11 is 0. The first-order valence-corrected chi connectivity index (χ1v) is 11.3. The van der Waals surface area contributed by atoms with Gasteiger partial charge in [-0.3, -0.25) is 0 Å². The zero-order chi connectivity index (χ0) is 21.7. The van der Waals surface area contributed by atoms with E-state index in [0.717, 1.165) is 61.4 Å². The van der Waals surface area contributed by atoms with E-state index in [2.05, 4.69) is 74.3 Å². The molecule has 7 heteroatoms. The molecule has 0 bridgehead atoms. The largest absolute Gasteiger partial charge is 0.368 e. The number of piperazine rings is 1. The van der Waals surface area contributed by atoms with Crippen LogP contribution in [0.15, 0.2) is 47.0 Å². The average molecular weight is 427 g/mol. The predicted octanol–water partition coefficient (Wildman–Crippen LogP) is 4.50. The molecule has 6 rings (SSSR count). The van der Waals surface area contributed by atoms with Crippen molar-refractivity contribution in [2.45, 2.75) is 32.6 Å². The van der Waals surface area contributed by atoms with Crippen LogP contribution in [0.1, 0.15) is 35.7 Å². The van der Waals surface area contributed by atoms with Crippen LogP contribution in [0, 0.1) is 13.8 Å². The number of hydrogen-bond donors (Lipinski definition) is 0. The number of benzene rings is 2.